The summed E-state index contributed by atoms with van der Waals surface area (Å²) in [5.74, 6) is 1.03. The molecule has 1 amide bonds. The summed E-state index contributed by atoms with van der Waals surface area (Å²) < 4.78 is 36.9. The number of anilines is 1. The van der Waals surface area contributed by atoms with Crippen molar-refractivity contribution in [1.82, 2.24) is 9.71 Å². The molecule has 10 heteroatoms. The maximum Gasteiger partial charge on any atom is 0.257 e. The molecule has 1 aromatic heterocycles. The lowest BCUT2D eigenvalue weighted by atomic mass is 10.1. The molecule has 0 saturated carbocycles. The van der Waals surface area contributed by atoms with Gasteiger partial charge < -0.3 is 9.47 Å². The summed E-state index contributed by atoms with van der Waals surface area (Å²) in [6, 6.07) is 11.6. The highest BCUT2D eigenvalue weighted by Crippen LogP contribution is 2.34. The van der Waals surface area contributed by atoms with Gasteiger partial charge in [-0.2, -0.15) is 0 Å². The van der Waals surface area contributed by atoms with Gasteiger partial charge in [0.05, 0.1) is 10.6 Å². The number of hydrogen-bond acceptors (Lipinski definition) is 7. The third-order valence-electron chi connectivity index (χ3n) is 4.59. The molecule has 0 radical (unpaired) electrons. The summed E-state index contributed by atoms with van der Waals surface area (Å²) >= 11 is 1.38. The molecule has 2 N–H and O–H groups in total. The van der Waals surface area contributed by atoms with Crippen LogP contribution in [-0.2, 0) is 16.4 Å². The van der Waals surface area contributed by atoms with E-state index in [0.717, 1.165) is 27.6 Å². The number of nitrogens with zero attached hydrogens (tertiary/aromatic N) is 1. The number of aromatic nitrogens is 1. The topological polar surface area (TPSA) is 107 Å². The van der Waals surface area contributed by atoms with Crippen LogP contribution in [0.5, 0.6) is 11.5 Å². The SMILES string of the molecule is CNS(=O)(=O)c1cccc(C(=O)Nc2nc(C)c(Cc3ccc4c(c3)OCO4)s2)c1. The Balaban J connectivity index is 1.50. The third-order valence-corrected chi connectivity index (χ3v) is 7.07. The van der Waals surface area contributed by atoms with E-state index in [1.807, 2.05) is 25.1 Å². The molecule has 0 atom stereocenters. The number of aryl methyl sites for hydroxylation is 1. The third kappa shape index (κ3) is 4.16. The van der Waals surface area contributed by atoms with Crippen LogP contribution < -0.4 is 19.5 Å². The molecule has 2 aromatic carbocycles. The van der Waals surface area contributed by atoms with E-state index in [1.165, 1.54) is 36.6 Å². The minimum Gasteiger partial charge on any atom is -0.454 e. The van der Waals surface area contributed by atoms with Gasteiger partial charge >= 0.3 is 0 Å². The first-order chi connectivity index (χ1) is 14.4. The molecule has 8 nitrogen and oxygen atoms in total. The molecule has 1 aliphatic heterocycles. The van der Waals surface area contributed by atoms with Crippen LogP contribution in [0.25, 0.3) is 0 Å². The summed E-state index contributed by atoms with van der Waals surface area (Å²) in [6.07, 6.45) is 0.645. The molecule has 0 unspecified atom stereocenters. The van der Waals surface area contributed by atoms with Gasteiger partial charge in [-0.15, -0.1) is 11.3 Å². The number of rotatable bonds is 6. The molecule has 0 bridgehead atoms. The highest BCUT2D eigenvalue weighted by atomic mass is 32.2. The maximum absolute atomic E-state index is 12.6. The number of ether oxygens (including phenoxy) is 2. The predicted molar refractivity (Wildman–Crippen MR) is 113 cm³/mol. The van der Waals surface area contributed by atoms with Crippen LogP contribution in [0.4, 0.5) is 5.13 Å². The van der Waals surface area contributed by atoms with Crippen LogP contribution in [0.3, 0.4) is 0 Å². The van der Waals surface area contributed by atoms with Crippen LogP contribution in [-0.4, -0.2) is 33.1 Å². The first kappa shape index (κ1) is 20.3. The standard InChI is InChI=1S/C20H19N3O5S2/c1-12-18(9-13-6-7-16-17(8-13)28-11-27-16)29-20(22-12)23-19(24)14-4-3-5-15(10-14)30(25,26)21-2/h3-8,10,21H,9,11H2,1-2H3,(H,22,23,24). The quantitative estimate of drug-likeness (QED) is 0.604. The zero-order valence-electron chi connectivity index (χ0n) is 16.3. The summed E-state index contributed by atoms with van der Waals surface area (Å²) in [7, 11) is -2.31. The molecule has 3 aromatic rings. The summed E-state index contributed by atoms with van der Waals surface area (Å²) in [6.45, 7) is 2.11. The highest BCUT2D eigenvalue weighted by Gasteiger charge is 2.17. The number of carbonyl (C=O) groups excluding carboxylic acids is 1. The van der Waals surface area contributed by atoms with Crippen molar-refractivity contribution in [3.63, 3.8) is 0 Å². The molecule has 156 valence electrons. The molecule has 4 rings (SSSR count). The van der Waals surface area contributed by atoms with E-state index in [4.69, 9.17) is 9.47 Å². The first-order valence-electron chi connectivity index (χ1n) is 9.05. The van der Waals surface area contributed by atoms with Crippen LogP contribution in [0.15, 0.2) is 47.4 Å². The predicted octanol–water partition coefficient (Wildman–Crippen LogP) is 2.93. The summed E-state index contributed by atoms with van der Waals surface area (Å²) in [5.41, 5.74) is 2.10. The van der Waals surface area contributed by atoms with E-state index in [-0.39, 0.29) is 17.3 Å². The Kier molecular flexibility index (Phi) is 5.46. The van der Waals surface area contributed by atoms with Gasteiger partial charge in [-0.3, -0.25) is 10.1 Å². The molecule has 0 aliphatic carbocycles. The monoisotopic (exact) mass is 445 g/mol. The van der Waals surface area contributed by atoms with E-state index in [2.05, 4.69) is 15.0 Å². The maximum atomic E-state index is 12.6. The Hall–Kier alpha value is -2.95. The normalized spacial score (nSPS) is 12.7. The average molecular weight is 446 g/mol. The first-order valence-corrected chi connectivity index (χ1v) is 11.4. The lowest BCUT2D eigenvalue weighted by molar-refractivity contribution is 0.102. The Morgan fingerprint density at radius 3 is 2.77 bits per heavy atom. The van der Waals surface area contributed by atoms with Gasteiger partial charge in [0.15, 0.2) is 16.6 Å². The molecule has 1 aliphatic rings. The molecule has 0 fully saturated rings. The zero-order chi connectivity index (χ0) is 21.3. The fourth-order valence-electron chi connectivity index (χ4n) is 2.97. The second-order valence-corrected chi connectivity index (χ2v) is 9.55. The van der Waals surface area contributed by atoms with Crippen LogP contribution in [0, 0.1) is 6.92 Å². The van der Waals surface area contributed by atoms with Gasteiger partial charge in [0.25, 0.3) is 5.91 Å². The van der Waals surface area contributed by atoms with Gasteiger partial charge in [0.2, 0.25) is 16.8 Å². The Morgan fingerprint density at radius 2 is 1.97 bits per heavy atom. The lowest BCUT2D eigenvalue weighted by Crippen LogP contribution is -2.19. The fraction of sp³-hybridized carbons (Fsp3) is 0.200. The van der Waals surface area contributed by atoms with E-state index >= 15 is 0 Å². The van der Waals surface area contributed by atoms with Crippen LogP contribution in [0.2, 0.25) is 0 Å². The number of nitrogens with one attached hydrogen (secondary N) is 2. The number of benzene rings is 2. The summed E-state index contributed by atoms with van der Waals surface area (Å²) in [5, 5.41) is 3.21. The Bertz CT molecular complexity index is 1220. The molecule has 30 heavy (non-hydrogen) atoms. The summed E-state index contributed by atoms with van der Waals surface area (Å²) in [4.78, 5) is 18.1. The van der Waals surface area contributed by atoms with E-state index < -0.39 is 15.9 Å². The van der Waals surface area contributed by atoms with Crippen molar-refractivity contribution in [2.75, 3.05) is 19.2 Å². The van der Waals surface area contributed by atoms with Crippen molar-refractivity contribution in [3.8, 4) is 11.5 Å². The molecule has 0 saturated heterocycles. The minimum absolute atomic E-state index is 0.0245. The van der Waals surface area contributed by atoms with Crippen molar-refractivity contribution in [3.05, 3.63) is 64.2 Å². The van der Waals surface area contributed by atoms with Gasteiger partial charge in [0.1, 0.15) is 0 Å². The Labute approximate surface area is 177 Å². The van der Waals surface area contributed by atoms with Crippen molar-refractivity contribution in [1.29, 1.82) is 0 Å². The second kappa shape index (κ2) is 8.05. The van der Waals surface area contributed by atoms with Gasteiger partial charge in [0, 0.05) is 16.9 Å². The van der Waals surface area contributed by atoms with Gasteiger partial charge in [-0.05, 0) is 49.9 Å². The van der Waals surface area contributed by atoms with Crippen LogP contribution >= 0.6 is 11.3 Å². The van der Waals surface area contributed by atoms with E-state index in [0.29, 0.717) is 11.6 Å². The van der Waals surface area contributed by atoms with Crippen molar-refractivity contribution in [2.45, 2.75) is 18.2 Å². The zero-order valence-corrected chi connectivity index (χ0v) is 17.9. The lowest BCUT2D eigenvalue weighted by Gasteiger charge is -2.05. The average Bonchev–Trinajstić information content (AvgIpc) is 3.34. The highest BCUT2D eigenvalue weighted by molar-refractivity contribution is 7.89. The van der Waals surface area contributed by atoms with Gasteiger partial charge in [-0.1, -0.05) is 12.1 Å². The number of sulfonamides is 1. The smallest absolute Gasteiger partial charge is 0.257 e. The van der Waals surface area contributed by atoms with Crippen molar-refractivity contribution in [2.24, 2.45) is 0 Å². The van der Waals surface area contributed by atoms with Crippen molar-refractivity contribution < 1.29 is 22.7 Å². The fourth-order valence-corrected chi connectivity index (χ4v) is 4.74. The largest absolute Gasteiger partial charge is 0.454 e. The number of amides is 1. The second-order valence-electron chi connectivity index (χ2n) is 6.58. The molecular weight excluding hydrogens is 426 g/mol. The molecule has 2 heterocycles. The van der Waals surface area contributed by atoms with Crippen molar-refractivity contribution >= 4 is 32.4 Å². The van der Waals surface area contributed by atoms with Crippen LogP contribution in [0.1, 0.15) is 26.5 Å². The number of thiazole rings is 1. The van der Waals surface area contributed by atoms with E-state index in [9.17, 15) is 13.2 Å². The molecule has 0 spiro atoms. The number of hydrogen-bond donors (Lipinski definition) is 2. The van der Waals surface area contributed by atoms with E-state index in [1.54, 1.807) is 6.07 Å². The Morgan fingerprint density at radius 1 is 1.17 bits per heavy atom. The number of fused-ring (bicyclic) bond motifs is 1. The number of carbonyl (C=O) groups is 1. The van der Waals surface area contributed by atoms with Gasteiger partial charge in [-0.25, -0.2) is 18.1 Å². The molecular formula is C20H19N3O5S2. The minimum atomic E-state index is -3.63.